The molecule has 0 spiro atoms. The molecule has 0 bridgehead atoms. The van der Waals surface area contributed by atoms with Crippen molar-refractivity contribution in [1.82, 2.24) is 4.90 Å². The molecule has 0 aromatic rings. The third-order valence-electron chi connectivity index (χ3n) is 2.52. The monoisotopic (exact) mass is 166 g/mol. The van der Waals surface area contributed by atoms with E-state index in [-0.39, 0.29) is 0 Å². The van der Waals surface area contributed by atoms with Crippen molar-refractivity contribution in [2.45, 2.75) is 25.8 Å². The van der Waals surface area contributed by atoms with Crippen molar-refractivity contribution < 1.29 is 0 Å². The molecule has 1 rings (SSSR count). The highest BCUT2D eigenvalue weighted by Gasteiger charge is 2.22. The van der Waals surface area contributed by atoms with E-state index in [0.717, 1.165) is 0 Å². The highest BCUT2D eigenvalue weighted by atomic mass is 15.1. The van der Waals surface area contributed by atoms with E-state index in [1.165, 1.54) is 25.0 Å². The van der Waals surface area contributed by atoms with E-state index in [2.05, 4.69) is 29.9 Å². The Morgan fingerprint density at radius 2 is 2.33 bits per heavy atom. The van der Waals surface area contributed by atoms with Gasteiger partial charge in [-0.3, -0.25) is 9.89 Å². The summed E-state index contributed by atoms with van der Waals surface area (Å²) in [4.78, 5) is 6.47. The first-order valence-corrected chi connectivity index (χ1v) is 4.58. The molecule has 12 heavy (non-hydrogen) atoms. The Bertz CT molecular complexity index is 194. The Morgan fingerprint density at radius 1 is 1.58 bits per heavy atom. The minimum absolute atomic E-state index is 0.610. The SMILES string of the molecule is C/C=C(\C=N/C)C1CCCN1C. The Hall–Kier alpha value is -0.630. The van der Waals surface area contributed by atoms with E-state index in [4.69, 9.17) is 0 Å². The molecule has 68 valence electrons. The van der Waals surface area contributed by atoms with E-state index in [9.17, 15) is 0 Å². The lowest BCUT2D eigenvalue weighted by Crippen LogP contribution is -2.27. The molecule has 0 amide bonds. The number of allylic oxidation sites excluding steroid dienone is 1. The zero-order valence-electron chi connectivity index (χ0n) is 8.25. The molecular formula is C10H18N2. The van der Waals surface area contributed by atoms with Crippen molar-refractivity contribution in [3.63, 3.8) is 0 Å². The zero-order valence-corrected chi connectivity index (χ0v) is 8.25. The Morgan fingerprint density at radius 3 is 2.75 bits per heavy atom. The highest BCUT2D eigenvalue weighted by molar-refractivity contribution is 5.80. The molecule has 1 saturated heterocycles. The molecule has 1 unspecified atom stereocenters. The number of hydrogen-bond acceptors (Lipinski definition) is 2. The second-order valence-electron chi connectivity index (χ2n) is 3.31. The second kappa shape index (κ2) is 4.41. The first-order chi connectivity index (χ1) is 5.79. The fourth-order valence-corrected chi connectivity index (χ4v) is 1.83. The molecule has 1 fully saturated rings. The fourth-order valence-electron chi connectivity index (χ4n) is 1.83. The van der Waals surface area contributed by atoms with Gasteiger partial charge in [-0.15, -0.1) is 0 Å². The van der Waals surface area contributed by atoms with Crippen molar-refractivity contribution in [2.75, 3.05) is 20.6 Å². The summed E-state index contributed by atoms with van der Waals surface area (Å²) in [5.41, 5.74) is 1.36. The lowest BCUT2D eigenvalue weighted by molar-refractivity contribution is 0.351. The number of likely N-dealkylation sites (N-methyl/N-ethyl adjacent to an activating group) is 1. The fraction of sp³-hybridized carbons (Fsp3) is 0.700. The van der Waals surface area contributed by atoms with Gasteiger partial charge in [0, 0.05) is 19.3 Å². The van der Waals surface area contributed by atoms with Crippen molar-refractivity contribution in [3.05, 3.63) is 11.6 Å². The third-order valence-corrected chi connectivity index (χ3v) is 2.52. The van der Waals surface area contributed by atoms with Crippen molar-refractivity contribution in [3.8, 4) is 0 Å². The molecule has 1 heterocycles. The maximum atomic E-state index is 4.07. The summed E-state index contributed by atoms with van der Waals surface area (Å²) in [6, 6.07) is 0.610. The van der Waals surface area contributed by atoms with Crippen molar-refractivity contribution in [2.24, 2.45) is 4.99 Å². The molecule has 0 aromatic carbocycles. The molecule has 2 nitrogen and oxygen atoms in total. The summed E-state index contributed by atoms with van der Waals surface area (Å²) >= 11 is 0. The van der Waals surface area contributed by atoms with Crippen LogP contribution in [0.2, 0.25) is 0 Å². The largest absolute Gasteiger partial charge is 0.299 e. The van der Waals surface area contributed by atoms with E-state index in [1.807, 2.05) is 13.3 Å². The molecule has 1 aliphatic rings. The molecule has 0 saturated carbocycles. The topological polar surface area (TPSA) is 15.6 Å². The van der Waals surface area contributed by atoms with Gasteiger partial charge >= 0.3 is 0 Å². The van der Waals surface area contributed by atoms with Gasteiger partial charge in [-0.05, 0) is 38.9 Å². The van der Waals surface area contributed by atoms with Gasteiger partial charge < -0.3 is 0 Å². The molecule has 0 aliphatic carbocycles. The van der Waals surface area contributed by atoms with Crippen LogP contribution in [-0.4, -0.2) is 37.8 Å². The molecule has 0 aromatic heterocycles. The average molecular weight is 166 g/mol. The van der Waals surface area contributed by atoms with Crippen LogP contribution in [0, 0.1) is 0 Å². The Kier molecular flexibility index (Phi) is 3.48. The summed E-state index contributed by atoms with van der Waals surface area (Å²) in [6.45, 7) is 3.31. The predicted molar refractivity (Wildman–Crippen MR) is 53.8 cm³/mol. The van der Waals surface area contributed by atoms with Crippen molar-refractivity contribution in [1.29, 1.82) is 0 Å². The molecule has 1 aliphatic heterocycles. The number of rotatable bonds is 2. The summed E-state index contributed by atoms with van der Waals surface area (Å²) in [5, 5.41) is 0. The maximum Gasteiger partial charge on any atom is 0.0357 e. The van der Waals surface area contributed by atoms with Gasteiger partial charge in [0.05, 0.1) is 0 Å². The second-order valence-corrected chi connectivity index (χ2v) is 3.31. The van der Waals surface area contributed by atoms with Crippen LogP contribution in [0.5, 0.6) is 0 Å². The van der Waals surface area contributed by atoms with E-state index < -0.39 is 0 Å². The lowest BCUT2D eigenvalue weighted by atomic mass is 10.1. The standard InChI is InChI=1S/C10H18N2/c1-4-9(8-11-2)10-6-5-7-12(10)3/h4,8,10H,5-7H2,1-3H3/b9-4+,11-8-. The van der Waals surface area contributed by atoms with Crippen LogP contribution in [0.1, 0.15) is 19.8 Å². The Balaban J connectivity index is 2.66. The van der Waals surface area contributed by atoms with Gasteiger partial charge in [-0.1, -0.05) is 6.08 Å². The third kappa shape index (κ3) is 1.95. The molecular weight excluding hydrogens is 148 g/mol. The average Bonchev–Trinajstić information content (AvgIpc) is 2.47. The highest BCUT2D eigenvalue weighted by Crippen LogP contribution is 2.20. The zero-order chi connectivity index (χ0) is 8.97. The molecule has 2 heteroatoms. The number of likely N-dealkylation sites (tertiary alicyclic amines) is 1. The molecule has 0 N–H and O–H groups in total. The van der Waals surface area contributed by atoms with E-state index >= 15 is 0 Å². The quantitative estimate of drug-likeness (QED) is 0.570. The summed E-state index contributed by atoms with van der Waals surface area (Å²) in [5.74, 6) is 0. The molecule has 1 atom stereocenters. The Labute approximate surface area is 75.0 Å². The maximum absolute atomic E-state index is 4.07. The normalized spacial score (nSPS) is 27.2. The van der Waals surface area contributed by atoms with E-state index in [0.29, 0.717) is 6.04 Å². The van der Waals surface area contributed by atoms with Gasteiger partial charge in [0.1, 0.15) is 0 Å². The smallest absolute Gasteiger partial charge is 0.0357 e. The van der Waals surface area contributed by atoms with E-state index in [1.54, 1.807) is 0 Å². The first kappa shape index (κ1) is 9.46. The lowest BCUT2D eigenvalue weighted by Gasteiger charge is -2.19. The van der Waals surface area contributed by atoms with Gasteiger partial charge in [0.2, 0.25) is 0 Å². The van der Waals surface area contributed by atoms with Gasteiger partial charge in [-0.2, -0.15) is 0 Å². The van der Waals surface area contributed by atoms with Crippen molar-refractivity contribution >= 4 is 6.21 Å². The van der Waals surface area contributed by atoms with Crippen LogP contribution in [-0.2, 0) is 0 Å². The van der Waals surface area contributed by atoms with Crippen LogP contribution in [0.25, 0.3) is 0 Å². The van der Waals surface area contributed by atoms with Crippen LogP contribution in [0.3, 0.4) is 0 Å². The number of aliphatic imine (C=N–C) groups is 1. The predicted octanol–water partition coefficient (Wildman–Crippen LogP) is 1.73. The number of hydrogen-bond donors (Lipinski definition) is 0. The van der Waals surface area contributed by atoms with Crippen LogP contribution in [0.15, 0.2) is 16.6 Å². The minimum atomic E-state index is 0.610. The van der Waals surface area contributed by atoms with Crippen LogP contribution < -0.4 is 0 Å². The first-order valence-electron chi connectivity index (χ1n) is 4.58. The van der Waals surface area contributed by atoms with Gasteiger partial charge in [-0.25, -0.2) is 0 Å². The van der Waals surface area contributed by atoms with Gasteiger partial charge in [0.25, 0.3) is 0 Å². The minimum Gasteiger partial charge on any atom is -0.299 e. The summed E-state index contributed by atoms with van der Waals surface area (Å²) in [7, 11) is 4.02. The summed E-state index contributed by atoms with van der Waals surface area (Å²) in [6.07, 6.45) is 6.74. The molecule has 0 radical (unpaired) electrons. The van der Waals surface area contributed by atoms with Crippen LogP contribution in [0.4, 0.5) is 0 Å². The number of nitrogens with zero attached hydrogens (tertiary/aromatic N) is 2. The van der Waals surface area contributed by atoms with Gasteiger partial charge in [0.15, 0.2) is 0 Å². The van der Waals surface area contributed by atoms with Crippen LogP contribution >= 0.6 is 0 Å². The summed E-state index contributed by atoms with van der Waals surface area (Å²) < 4.78 is 0.